The first kappa shape index (κ1) is 22.2. The highest BCUT2D eigenvalue weighted by Gasteiger charge is 2.20. The number of hydrogen-bond donors (Lipinski definition) is 1. The fourth-order valence-corrected chi connectivity index (χ4v) is 5.47. The van der Waals surface area contributed by atoms with Gasteiger partial charge in [-0.15, -0.1) is 11.3 Å². The predicted molar refractivity (Wildman–Crippen MR) is 127 cm³/mol. The van der Waals surface area contributed by atoms with Crippen molar-refractivity contribution in [3.63, 3.8) is 0 Å². The van der Waals surface area contributed by atoms with E-state index in [1.165, 1.54) is 22.2 Å². The zero-order chi connectivity index (χ0) is 22.7. The fourth-order valence-electron chi connectivity index (χ4n) is 4.25. The van der Waals surface area contributed by atoms with Gasteiger partial charge in [-0.1, -0.05) is 12.5 Å². The number of nitrogens with one attached hydrogen (secondary N) is 1. The number of aryl methyl sites for hydroxylation is 2. The summed E-state index contributed by atoms with van der Waals surface area (Å²) in [6, 6.07) is 6.88. The third kappa shape index (κ3) is 4.46. The first-order chi connectivity index (χ1) is 15.5. The van der Waals surface area contributed by atoms with Gasteiger partial charge in [-0.25, -0.2) is 4.98 Å². The Balaban J connectivity index is 1.53. The molecule has 8 heteroatoms. The fraction of sp³-hybridized carbons (Fsp3) is 0.417. The molecule has 1 aliphatic carbocycles. The Morgan fingerprint density at radius 1 is 1.16 bits per heavy atom. The molecule has 0 saturated carbocycles. The molecule has 3 aromatic rings. The maximum absolute atomic E-state index is 13.1. The smallest absolute Gasteiger partial charge is 0.262 e. The van der Waals surface area contributed by atoms with Crippen LogP contribution in [-0.2, 0) is 24.2 Å². The van der Waals surface area contributed by atoms with Crippen LogP contribution in [0.3, 0.4) is 0 Å². The van der Waals surface area contributed by atoms with Crippen molar-refractivity contribution in [2.24, 2.45) is 0 Å². The lowest BCUT2D eigenvalue weighted by Crippen LogP contribution is -2.30. The molecule has 32 heavy (non-hydrogen) atoms. The molecule has 0 saturated heterocycles. The summed E-state index contributed by atoms with van der Waals surface area (Å²) >= 11 is 1.61. The second-order valence-corrected chi connectivity index (χ2v) is 9.11. The lowest BCUT2D eigenvalue weighted by molar-refractivity contribution is -0.116. The Labute approximate surface area is 191 Å². The molecular weight excluding hydrogens is 424 g/mol. The molecule has 4 rings (SSSR count). The first-order valence-corrected chi connectivity index (χ1v) is 12.0. The number of thiophene rings is 1. The van der Waals surface area contributed by atoms with E-state index in [1.807, 2.05) is 13.8 Å². The molecule has 2 aromatic heterocycles. The molecular formula is C24H28N4O3S. The molecule has 1 aromatic carbocycles. The molecule has 0 bridgehead atoms. The Morgan fingerprint density at radius 3 is 2.72 bits per heavy atom. The van der Waals surface area contributed by atoms with Crippen molar-refractivity contribution < 1.29 is 9.59 Å². The lowest BCUT2D eigenvalue weighted by Gasteiger charge is -2.19. The molecule has 2 heterocycles. The van der Waals surface area contributed by atoms with Gasteiger partial charge in [0, 0.05) is 29.2 Å². The van der Waals surface area contributed by atoms with E-state index < -0.39 is 0 Å². The van der Waals surface area contributed by atoms with Gasteiger partial charge in [0.05, 0.1) is 11.7 Å². The van der Waals surface area contributed by atoms with Crippen LogP contribution in [0.4, 0.5) is 5.69 Å². The summed E-state index contributed by atoms with van der Waals surface area (Å²) in [5, 5.41) is 3.48. The number of nitrogens with zero attached hydrogens (tertiary/aromatic N) is 3. The van der Waals surface area contributed by atoms with Crippen LogP contribution < -0.4 is 10.9 Å². The highest BCUT2D eigenvalue weighted by atomic mass is 32.1. The SMILES string of the molecule is CCN(CC)C(=O)c1cccc(NC(=O)Cn2cnc3sc4c(c3c2=O)CCCCC4)c1. The minimum atomic E-state index is -0.331. The predicted octanol–water partition coefficient (Wildman–Crippen LogP) is 3.85. The maximum Gasteiger partial charge on any atom is 0.262 e. The normalized spacial score (nSPS) is 13.4. The zero-order valence-electron chi connectivity index (χ0n) is 18.5. The van der Waals surface area contributed by atoms with E-state index in [0.29, 0.717) is 29.7 Å². The number of amides is 2. The van der Waals surface area contributed by atoms with Crippen LogP contribution in [-0.4, -0.2) is 39.4 Å². The minimum Gasteiger partial charge on any atom is -0.339 e. The van der Waals surface area contributed by atoms with E-state index >= 15 is 0 Å². The van der Waals surface area contributed by atoms with E-state index in [0.717, 1.165) is 36.1 Å². The number of anilines is 1. The van der Waals surface area contributed by atoms with E-state index in [2.05, 4.69) is 10.3 Å². The van der Waals surface area contributed by atoms with Crippen molar-refractivity contribution in [1.29, 1.82) is 0 Å². The number of benzene rings is 1. The third-order valence-corrected chi connectivity index (χ3v) is 7.15. The Morgan fingerprint density at radius 2 is 1.94 bits per heavy atom. The molecule has 168 valence electrons. The summed E-state index contributed by atoms with van der Waals surface area (Å²) in [5.41, 5.74) is 2.01. The third-order valence-electron chi connectivity index (χ3n) is 5.95. The van der Waals surface area contributed by atoms with Crippen LogP contribution in [0.1, 0.15) is 53.9 Å². The second-order valence-electron chi connectivity index (χ2n) is 8.03. The molecule has 0 fully saturated rings. The number of fused-ring (bicyclic) bond motifs is 3. The quantitative estimate of drug-likeness (QED) is 0.576. The van der Waals surface area contributed by atoms with Gasteiger partial charge < -0.3 is 10.2 Å². The number of carbonyl (C=O) groups is 2. The van der Waals surface area contributed by atoms with Gasteiger partial charge in [0.15, 0.2) is 0 Å². The van der Waals surface area contributed by atoms with Gasteiger partial charge >= 0.3 is 0 Å². The topological polar surface area (TPSA) is 84.3 Å². The van der Waals surface area contributed by atoms with Gasteiger partial charge in [0.2, 0.25) is 5.91 Å². The van der Waals surface area contributed by atoms with Gasteiger partial charge in [-0.05, 0) is 63.3 Å². The summed E-state index contributed by atoms with van der Waals surface area (Å²) in [7, 11) is 0. The van der Waals surface area contributed by atoms with Crippen molar-refractivity contribution in [3.8, 4) is 0 Å². The average molecular weight is 453 g/mol. The molecule has 0 aliphatic heterocycles. The van der Waals surface area contributed by atoms with Gasteiger partial charge in [-0.3, -0.25) is 19.0 Å². The molecule has 2 amide bonds. The Bertz CT molecular complexity index is 1210. The van der Waals surface area contributed by atoms with Crippen molar-refractivity contribution in [2.45, 2.75) is 52.5 Å². The van der Waals surface area contributed by atoms with Gasteiger partial charge in [0.25, 0.3) is 11.5 Å². The maximum atomic E-state index is 13.1. The summed E-state index contributed by atoms with van der Waals surface area (Å²) in [5.74, 6) is -0.405. The Kier molecular flexibility index (Phi) is 6.69. The largest absolute Gasteiger partial charge is 0.339 e. The van der Waals surface area contributed by atoms with E-state index in [9.17, 15) is 14.4 Å². The average Bonchev–Trinajstić information content (AvgIpc) is 2.98. The molecule has 0 radical (unpaired) electrons. The molecule has 0 spiro atoms. The molecule has 1 N–H and O–H groups in total. The van der Waals surface area contributed by atoms with Crippen molar-refractivity contribution in [2.75, 3.05) is 18.4 Å². The van der Waals surface area contributed by atoms with Crippen molar-refractivity contribution in [1.82, 2.24) is 14.5 Å². The Hall–Kier alpha value is -3.00. The van der Waals surface area contributed by atoms with Crippen molar-refractivity contribution in [3.05, 3.63) is 57.0 Å². The summed E-state index contributed by atoms with van der Waals surface area (Å²) < 4.78 is 1.38. The number of aromatic nitrogens is 2. The number of hydrogen-bond acceptors (Lipinski definition) is 5. The first-order valence-electron chi connectivity index (χ1n) is 11.2. The van der Waals surface area contributed by atoms with Crippen LogP contribution in [0.2, 0.25) is 0 Å². The molecule has 1 aliphatic rings. The summed E-state index contributed by atoms with van der Waals surface area (Å²) in [6.45, 7) is 4.98. The molecule has 0 atom stereocenters. The van der Waals surface area contributed by atoms with Gasteiger partial charge in [-0.2, -0.15) is 0 Å². The van der Waals surface area contributed by atoms with E-state index in [-0.39, 0.29) is 23.9 Å². The number of carbonyl (C=O) groups excluding carboxylic acids is 2. The molecule has 7 nitrogen and oxygen atoms in total. The van der Waals surface area contributed by atoms with Crippen LogP contribution in [0.25, 0.3) is 10.2 Å². The highest BCUT2D eigenvalue weighted by Crippen LogP contribution is 2.32. The number of rotatable bonds is 6. The van der Waals surface area contributed by atoms with E-state index in [1.54, 1.807) is 40.5 Å². The van der Waals surface area contributed by atoms with Crippen LogP contribution in [0, 0.1) is 0 Å². The standard InChI is InChI=1S/C24H28N4O3S/c1-3-27(4-2)23(30)16-9-8-10-17(13-16)26-20(29)14-28-15-25-22-21(24(28)31)18-11-6-5-7-12-19(18)32-22/h8-10,13,15H,3-7,11-12,14H2,1-2H3,(H,26,29). The van der Waals surface area contributed by atoms with Gasteiger partial charge in [0.1, 0.15) is 11.4 Å². The lowest BCUT2D eigenvalue weighted by atomic mass is 10.1. The minimum absolute atomic E-state index is 0.0740. The second kappa shape index (κ2) is 9.65. The van der Waals surface area contributed by atoms with Crippen LogP contribution in [0.15, 0.2) is 35.4 Å². The monoisotopic (exact) mass is 452 g/mol. The van der Waals surface area contributed by atoms with Crippen LogP contribution >= 0.6 is 11.3 Å². The summed E-state index contributed by atoms with van der Waals surface area (Å²) in [6.07, 6.45) is 6.76. The van der Waals surface area contributed by atoms with Crippen molar-refractivity contribution >= 4 is 39.1 Å². The van der Waals surface area contributed by atoms with Crippen LogP contribution in [0.5, 0.6) is 0 Å². The molecule has 0 unspecified atom stereocenters. The highest BCUT2D eigenvalue weighted by molar-refractivity contribution is 7.18. The zero-order valence-corrected chi connectivity index (χ0v) is 19.3. The summed E-state index contributed by atoms with van der Waals surface area (Å²) in [4.78, 5) is 46.6. The van der Waals surface area contributed by atoms with E-state index in [4.69, 9.17) is 0 Å².